The number of rotatable bonds is 3. The van der Waals surface area contributed by atoms with Crippen LogP contribution in [0, 0.1) is 6.92 Å². The fourth-order valence-corrected chi connectivity index (χ4v) is 2.35. The lowest BCUT2D eigenvalue weighted by molar-refractivity contribution is -0.141. The summed E-state index contributed by atoms with van der Waals surface area (Å²) in [4.78, 5) is 17.2. The summed E-state index contributed by atoms with van der Waals surface area (Å²) < 4.78 is 76.8. The Morgan fingerprint density at radius 2 is 1.63 bits per heavy atom. The molecule has 0 aliphatic heterocycles. The molecule has 0 spiro atoms. The molecule has 0 saturated carbocycles. The number of aromatic nitrogens is 1. The average molecular weight is 391 g/mol. The normalized spacial score (nSPS) is 12.0. The molecule has 0 fully saturated rings. The Labute approximate surface area is 150 Å². The van der Waals surface area contributed by atoms with Gasteiger partial charge in [-0.2, -0.15) is 26.3 Å². The van der Waals surface area contributed by atoms with Crippen molar-refractivity contribution >= 4 is 17.3 Å². The Kier molecular flexibility index (Phi) is 5.39. The third-order valence-corrected chi connectivity index (χ3v) is 3.67. The van der Waals surface area contributed by atoms with Gasteiger partial charge in [0.1, 0.15) is 5.69 Å². The Morgan fingerprint density at radius 3 is 2.11 bits per heavy atom. The zero-order valence-electron chi connectivity index (χ0n) is 14.5. The fraction of sp³-hybridized carbons (Fsp3) is 0.294. The number of amides is 1. The molecule has 1 aromatic heterocycles. The molecule has 2 aromatic rings. The van der Waals surface area contributed by atoms with Gasteiger partial charge in [-0.15, -0.1) is 0 Å². The largest absolute Gasteiger partial charge is 0.433 e. The van der Waals surface area contributed by atoms with Crippen LogP contribution in [0.3, 0.4) is 0 Å². The minimum absolute atomic E-state index is 0.126. The van der Waals surface area contributed by atoms with Crippen LogP contribution in [0.25, 0.3) is 0 Å². The van der Waals surface area contributed by atoms with E-state index in [-0.39, 0.29) is 16.9 Å². The highest BCUT2D eigenvalue weighted by Crippen LogP contribution is 2.35. The van der Waals surface area contributed by atoms with Crippen molar-refractivity contribution in [2.75, 3.05) is 24.3 Å². The quantitative estimate of drug-likeness (QED) is 0.769. The summed E-state index contributed by atoms with van der Waals surface area (Å²) in [5, 5.41) is 2.32. The summed E-state index contributed by atoms with van der Waals surface area (Å²) in [5.41, 5.74) is -2.32. The second-order valence-electron chi connectivity index (χ2n) is 5.91. The van der Waals surface area contributed by atoms with Crippen LogP contribution in [0.15, 0.2) is 30.3 Å². The number of nitrogens with one attached hydrogen (secondary N) is 1. The van der Waals surface area contributed by atoms with E-state index in [2.05, 4.69) is 10.3 Å². The van der Waals surface area contributed by atoms with E-state index in [0.29, 0.717) is 11.8 Å². The van der Waals surface area contributed by atoms with E-state index in [1.54, 1.807) is 14.1 Å². The molecular formula is C17H15F6N3O. The third kappa shape index (κ3) is 4.69. The van der Waals surface area contributed by atoms with Crippen LogP contribution in [0.1, 0.15) is 27.3 Å². The second kappa shape index (κ2) is 7.09. The summed E-state index contributed by atoms with van der Waals surface area (Å²) in [6.45, 7) is 1.21. The molecule has 1 amide bonds. The highest BCUT2D eigenvalue weighted by molar-refractivity contribution is 6.06. The molecule has 2 rings (SSSR count). The molecule has 0 aliphatic carbocycles. The minimum atomic E-state index is -4.67. The third-order valence-electron chi connectivity index (χ3n) is 3.67. The van der Waals surface area contributed by atoms with Crippen LogP contribution in [0.2, 0.25) is 0 Å². The topological polar surface area (TPSA) is 45.2 Å². The van der Waals surface area contributed by atoms with Crippen molar-refractivity contribution in [3.05, 3.63) is 52.8 Å². The first-order valence-corrected chi connectivity index (χ1v) is 7.55. The Balaban J connectivity index is 2.40. The minimum Gasteiger partial charge on any atom is -0.376 e. The fourth-order valence-electron chi connectivity index (χ4n) is 2.35. The maximum Gasteiger partial charge on any atom is 0.433 e. The van der Waals surface area contributed by atoms with Gasteiger partial charge in [0.15, 0.2) is 0 Å². The van der Waals surface area contributed by atoms with Crippen LogP contribution in [-0.4, -0.2) is 25.0 Å². The van der Waals surface area contributed by atoms with Crippen molar-refractivity contribution in [2.24, 2.45) is 0 Å². The first-order chi connectivity index (χ1) is 12.3. The number of alkyl halides is 6. The van der Waals surface area contributed by atoms with E-state index >= 15 is 0 Å². The number of halogens is 6. The summed E-state index contributed by atoms with van der Waals surface area (Å²) in [7, 11) is 3.15. The number of aryl methyl sites for hydroxylation is 1. The van der Waals surface area contributed by atoms with Gasteiger partial charge in [0.2, 0.25) is 0 Å². The number of anilines is 2. The van der Waals surface area contributed by atoms with Crippen molar-refractivity contribution in [3.63, 3.8) is 0 Å². The van der Waals surface area contributed by atoms with Crippen LogP contribution in [0.4, 0.5) is 37.7 Å². The zero-order chi connectivity index (χ0) is 20.6. The van der Waals surface area contributed by atoms with Crippen LogP contribution in [-0.2, 0) is 12.4 Å². The van der Waals surface area contributed by atoms with Gasteiger partial charge in [0.25, 0.3) is 5.91 Å². The lowest BCUT2D eigenvalue weighted by Gasteiger charge is -2.20. The predicted molar refractivity (Wildman–Crippen MR) is 87.7 cm³/mol. The van der Waals surface area contributed by atoms with E-state index in [1.807, 2.05) is 0 Å². The van der Waals surface area contributed by atoms with Gasteiger partial charge < -0.3 is 10.2 Å². The predicted octanol–water partition coefficient (Wildman–Crippen LogP) is 4.75. The van der Waals surface area contributed by atoms with E-state index in [9.17, 15) is 31.1 Å². The zero-order valence-corrected chi connectivity index (χ0v) is 14.5. The Morgan fingerprint density at radius 1 is 1.00 bits per heavy atom. The van der Waals surface area contributed by atoms with E-state index in [0.717, 1.165) is 18.2 Å². The Bertz CT molecular complexity index is 859. The maximum absolute atomic E-state index is 12.9. The molecule has 1 aromatic carbocycles. The van der Waals surface area contributed by atoms with E-state index in [1.165, 1.54) is 17.9 Å². The van der Waals surface area contributed by atoms with Gasteiger partial charge >= 0.3 is 12.4 Å². The SMILES string of the molecule is Cc1nc(C(F)(F)F)ccc1C(=O)Nc1cc(C(F)(F)F)ccc1N(C)C. The van der Waals surface area contributed by atoms with Crippen LogP contribution in [0.5, 0.6) is 0 Å². The van der Waals surface area contributed by atoms with Gasteiger partial charge in [0.05, 0.1) is 28.2 Å². The average Bonchev–Trinajstić information content (AvgIpc) is 2.52. The van der Waals surface area contributed by atoms with Crippen molar-refractivity contribution < 1.29 is 31.1 Å². The molecule has 1 N–H and O–H groups in total. The lowest BCUT2D eigenvalue weighted by Crippen LogP contribution is -2.20. The van der Waals surface area contributed by atoms with Gasteiger partial charge in [0, 0.05) is 14.1 Å². The van der Waals surface area contributed by atoms with E-state index in [4.69, 9.17) is 0 Å². The first-order valence-electron chi connectivity index (χ1n) is 7.55. The Hall–Kier alpha value is -2.78. The number of carbonyl (C=O) groups is 1. The number of carbonyl (C=O) groups excluding carboxylic acids is 1. The van der Waals surface area contributed by atoms with Gasteiger partial charge in [-0.1, -0.05) is 0 Å². The highest BCUT2D eigenvalue weighted by Gasteiger charge is 2.33. The molecule has 0 aliphatic rings. The molecule has 0 saturated heterocycles. The second-order valence-corrected chi connectivity index (χ2v) is 5.91. The number of hydrogen-bond acceptors (Lipinski definition) is 3. The van der Waals surface area contributed by atoms with Crippen molar-refractivity contribution in [2.45, 2.75) is 19.3 Å². The molecule has 0 radical (unpaired) electrons. The highest BCUT2D eigenvalue weighted by atomic mass is 19.4. The van der Waals surface area contributed by atoms with Crippen LogP contribution >= 0.6 is 0 Å². The molecule has 0 unspecified atom stereocenters. The van der Waals surface area contributed by atoms with Crippen molar-refractivity contribution in [1.29, 1.82) is 0 Å². The smallest absolute Gasteiger partial charge is 0.376 e. The summed E-state index contributed by atoms with van der Waals surface area (Å²) >= 11 is 0. The number of benzene rings is 1. The monoisotopic (exact) mass is 391 g/mol. The molecule has 4 nitrogen and oxygen atoms in total. The maximum atomic E-state index is 12.9. The molecule has 27 heavy (non-hydrogen) atoms. The number of nitrogens with zero attached hydrogens (tertiary/aromatic N) is 2. The van der Waals surface area contributed by atoms with Gasteiger partial charge in [-0.25, -0.2) is 4.98 Å². The van der Waals surface area contributed by atoms with Crippen molar-refractivity contribution in [3.8, 4) is 0 Å². The number of hydrogen-bond donors (Lipinski definition) is 1. The first kappa shape index (κ1) is 20.5. The lowest BCUT2D eigenvalue weighted by atomic mass is 10.1. The number of pyridine rings is 1. The van der Waals surface area contributed by atoms with Gasteiger partial charge in [-0.3, -0.25) is 4.79 Å². The molecule has 0 atom stereocenters. The summed E-state index contributed by atoms with van der Waals surface area (Å²) in [5.74, 6) is -0.865. The molecule has 1 heterocycles. The van der Waals surface area contributed by atoms with Crippen LogP contribution < -0.4 is 10.2 Å². The molecule has 146 valence electrons. The van der Waals surface area contributed by atoms with Crippen molar-refractivity contribution in [1.82, 2.24) is 4.98 Å². The molecule has 10 heteroatoms. The summed E-state index contributed by atoms with van der Waals surface area (Å²) in [6, 6.07) is 4.40. The van der Waals surface area contributed by atoms with Gasteiger partial charge in [-0.05, 0) is 37.3 Å². The summed E-state index contributed by atoms with van der Waals surface area (Å²) in [6.07, 6.45) is -9.28. The standard InChI is InChI=1S/C17H15F6N3O/c1-9-11(5-7-14(24-9)17(21,22)23)15(27)25-12-8-10(16(18,19)20)4-6-13(12)26(2)3/h4-8H,1-3H3,(H,25,27). The molecular weight excluding hydrogens is 376 g/mol. The molecule has 0 bridgehead atoms. The van der Waals surface area contributed by atoms with E-state index < -0.39 is 29.5 Å².